The second-order valence-corrected chi connectivity index (χ2v) is 7.79. The molecule has 0 amide bonds. The van der Waals surface area contributed by atoms with Crippen molar-refractivity contribution in [2.45, 2.75) is 54.4 Å². The van der Waals surface area contributed by atoms with Gasteiger partial charge < -0.3 is 9.47 Å². The predicted octanol–water partition coefficient (Wildman–Crippen LogP) is 3.85. The first-order valence-corrected chi connectivity index (χ1v) is 6.28. The molecule has 96 valence electrons. The summed E-state index contributed by atoms with van der Waals surface area (Å²) in [6.07, 6.45) is 2.33. The Hall–Kier alpha value is -0.0800. The Morgan fingerprint density at radius 3 is 1.50 bits per heavy atom. The third-order valence-electron chi connectivity index (χ3n) is 2.79. The van der Waals surface area contributed by atoms with E-state index in [1.54, 1.807) is 0 Å². The highest BCUT2D eigenvalue weighted by molar-refractivity contribution is 4.88. The van der Waals surface area contributed by atoms with Crippen molar-refractivity contribution in [3.63, 3.8) is 0 Å². The van der Waals surface area contributed by atoms with Gasteiger partial charge in [-0.1, -0.05) is 41.5 Å². The molecule has 1 fully saturated rings. The molecule has 0 N–H and O–H groups in total. The minimum absolute atomic E-state index is 0.203. The predicted molar refractivity (Wildman–Crippen MR) is 67.3 cm³/mol. The van der Waals surface area contributed by atoms with Crippen LogP contribution in [0.4, 0.5) is 0 Å². The summed E-state index contributed by atoms with van der Waals surface area (Å²) in [4.78, 5) is 0. The molecule has 2 nitrogen and oxygen atoms in total. The van der Waals surface area contributed by atoms with Crippen molar-refractivity contribution in [3.8, 4) is 0 Å². The molecule has 0 saturated carbocycles. The third-order valence-corrected chi connectivity index (χ3v) is 2.79. The van der Waals surface area contributed by atoms with Crippen LogP contribution in [0.25, 0.3) is 0 Å². The third kappa shape index (κ3) is 4.84. The van der Waals surface area contributed by atoms with Gasteiger partial charge in [0.25, 0.3) is 0 Å². The van der Waals surface area contributed by atoms with Crippen LogP contribution >= 0.6 is 0 Å². The van der Waals surface area contributed by atoms with Crippen LogP contribution in [0.5, 0.6) is 0 Å². The summed E-state index contributed by atoms with van der Waals surface area (Å²) >= 11 is 0. The lowest BCUT2D eigenvalue weighted by molar-refractivity contribution is -0.182. The quantitative estimate of drug-likeness (QED) is 0.714. The van der Waals surface area contributed by atoms with Crippen LogP contribution in [-0.4, -0.2) is 20.0 Å². The molecule has 0 aliphatic carbocycles. The average molecular weight is 228 g/mol. The highest BCUT2D eigenvalue weighted by atomic mass is 16.7. The van der Waals surface area contributed by atoms with Crippen molar-refractivity contribution in [3.05, 3.63) is 0 Å². The van der Waals surface area contributed by atoms with Gasteiger partial charge in [-0.3, -0.25) is 0 Å². The molecule has 0 radical (unpaired) electrons. The van der Waals surface area contributed by atoms with Gasteiger partial charge in [0.15, 0.2) is 0 Å². The lowest BCUT2D eigenvalue weighted by atomic mass is 9.67. The zero-order chi connectivity index (χ0) is 12.4. The SMILES string of the molecule is CC(C)(C)CC1(CC(C)(C)C)COCOC1. The number of rotatable bonds is 2. The van der Waals surface area contributed by atoms with Crippen LogP contribution in [0.15, 0.2) is 0 Å². The molecule has 0 bridgehead atoms. The number of ether oxygens (including phenoxy) is 2. The molecule has 1 aliphatic heterocycles. The normalized spacial score (nSPS) is 22.1. The second kappa shape index (κ2) is 4.66. The Balaban J connectivity index is 2.75. The van der Waals surface area contributed by atoms with Gasteiger partial charge in [0, 0.05) is 5.41 Å². The smallest absolute Gasteiger partial charge is 0.146 e. The highest BCUT2D eigenvalue weighted by Gasteiger charge is 2.40. The van der Waals surface area contributed by atoms with E-state index in [0.717, 1.165) is 26.1 Å². The summed E-state index contributed by atoms with van der Waals surface area (Å²) < 4.78 is 11.1. The fraction of sp³-hybridized carbons (Fsp3) is 1.00. The Bertz CT molecular complexity index is 196. The topological polar surface area (TPSA) is 18.5 Å². The van der Waals surface area contributed by atoms with Crippen molar-refractivity contribution >= 4 is 0 Å². The van der Waals surface area contributed by atoms with Gasteiger partial charge in [-0.2, -0.15) is 0 Å². The van der Waals surface area contributed by atoms with E-state index in [0.29, 0.717) is 17.6 Å². The molecule has 1 saturated heterocycles. The monoisotopic (exact) mass is 228 g/mol. The van der Waals surface area contributed by atoms with Crippen LogP contribution in [0.2, 0.25) is 0 Å². The van der Waals surface area contributed by atoms with Crippen molar-refractivity contribution < 1.29 is 9.47 Å². The fourth-order valence-electron chi connectivity index (χ4n) is 3.13. The summed E-state index contributed by atoms with van der Waals surface area (Å²) in [6.45, 7) is 16.0. The Labute approximate surface area is 101 Å². The minimum atomic E-state index is 0.203. The first-order chi connectivity index (χ1) is 7.12. The van der Waals surface area contributed by atoms with E-state index in [1.807, 2.05) is 0 Å². The van der Waals surface area contributed by atoms with Crippen molar-refractivity contribution in [1.82, 2.24) is 0 Å². The van der Waals surface area contributed by atoms with Gasteiger partial charge in [-0.25, -0.2) is 0 Å². The van der Waals surface area contributed by atoms with E-state index in [-0.39, 0.29) is 5.41 Å². The molecule has 1 aliphatic rings. The molecule has 1 rings (SSSR count). The summed E-state index contributed by atoms with van der Waals surface area (Å²) in [6, 6.07) is 0. The molecule has 0 aromatic carbocycles. The zero-order valence-electron chi connectivity index (χ0n) is 11.9. The number of hydrogen-bond acceptors (Lipinski definition) is 2. The molecule has 0 atom stereocenters. The van der Waals surface area contributed by atoms with E-state index in [2.05, 4.69) is 41.5 Å². The van der Waals surface area contributed by atoms with E-state index in [4.69, 9.17) is 9.47 Å². The summed E-state index contributed by atoms with van der Waals surface area (Å²) in [5, 5.41) is 0. The van der Waals surface area contributed by atoms with Crippen LogP contribution in [-0.2, 0) is 9.47 Å². The Morgan fingerprint density at radius 2 is 1.19 bits per heavy atom. The molecule has 0 aromatic heterocycles. The average Bonchev–Trinajstić information content (AvgIpc) is 1.97. The molecular formula is C14H28O2. The van der Waals surface area contributed by atoms with Crippen molar-refractivity contribution in [1.29, 1.82) is 0 Å². The van der Waals surface area contributed by atoms with Gasteiger partial charge in [-0.05, 0) is 23.7 Å². The maximum absolute atomic E-state index is 5.56. The van der Waals surface area contributed by atoms with E-state index >= 15 is 0 Å². The van der Waals surface area contributed by atoms with Gasteiger partial charge >= 0.3 is 0 Å². The summed E-state index contributed by atoms with van der Waals surface area (Å²) in [7, 11) is 0. The van der Waals surface area contributed by atoms with Gasteiger partial charge in [0.05, 0.1) is 13.2 Å². The van der Waals surface area contributed by atoms with Crippen LogP contribution < -0.4 is 0 Å². The lowest BCUT2D eigenvalue weighted by Crippen LogP contribution is -2.42. The van der Waals surface area contributed by atoms with Gasteiger partial charge in [-0.15, -0.1) is 0 Å². The first kappa shape index (κ1) is 14.0. The maximum atomic E-state index is 5.56. The number of hydrogen-bond donors (Lipinski definition) is 0. The minimum Gasteiger partial charge on any atom is -0.355 e. The molecule has 0 unspecified atom stereocenters. The van der Waals surface area contributed by atoms with Gasteiger partial charge in [0.2, 0.25) is 0 Å². The van der Waals surface area contributed by atoms with Crippen LogP contribution in [0.1, 0.15) is 54.4 Å². The molecule has 0 spiro atoms. The van der Waals surface area contributed by atoms with Crippen molar-refractivity contribution in [2.75, 3.05) is 20.0 Å². The molecule has 2 heteroatoms. The standard InChI is InChI=1S/C14H28O2/c1-12(2,3)7-14(8-13(4,5)6)9-15-11-16-10-14/h7-11H2,1-6H3. The fourth-order valence-corrected chi connectivity index (χ4v) is 3.13. The highest BCUT2D eigenvalue weighted by Crippen LogP contribution is 2.43. The van der Waals surface area contributed by atoms with Gasteiger partial charge in [0.1, 0.15) is 6.79 Å². The summed E-state index contributed by atoms with van der Waals surface area (Å²) in [5.74, 6) is 0. The maximum Gasteiger partial charge on any atom is 0.146 e. The second-order valence-electron chi connectivity index (χ2n) is 7.79. The van der Waals surface area contributed by atoms with Crippen LogP contribution in [0, 0.1) is 16.2 Å². The summed E-state index contributed by atoms with van der Waals surface area (Å²) in [5.41, 5.74) is 0.860. The zero-order valence-corrected chi connectivity index (χ0v) is 11.9. The van der Waals surface area contributed by atoms with E-state index in [1.165, 1.54) is 0 Å². The molecular weight excluding hydrogens is 200 g/mol. The van der Waals surface area contributed by atoms with E-state index in [9.17, 15) is 0 Å². The molecule has 0 aromatic rings. The Morgan fingerprint density at radius 1 is 0.812 bits per heavy atom. The van der Waals surface area contributed by atoms with E-state index < -0.39 is 0 Å². The first-order valence-electron chi connectivity index (χ1n) is 6.28. The largest absolute Gasteiger partial charge is 0.355 e. The molecule has 1 heterocycles. The molecule has 16 heavy (non-hydrogen) atoms. The Kier molecular flexibility index (Phi) is 4.07. The lowest BCUT2D eigenvalue weighted by Gasteiger charge is -2.44. The van der Waals surface area contributed by atoms with Crippen molar-refractivity contribution in [2.24, 2.45) is 16.2 Å². The van der Waals surface area contributed by atoms with Crippen LogP contribution in [0.3, 0.4) is 0 Å².